The number of thiocarbonyl (C=S) groups is 1. The monoisotopic (exact) mass is 325 g/mol. The van der Waals surface area contributed by atoms with E-state index in [2.05, 4.69) is 10.3 Å². The number of hydrogen-bond donors (Lipinski definition) is 2. The molecule has 0 radical (unpaired) electrons. The summed E-state index contributed by atoms with van der Waals surface area (Å²) < 4.78 is 0. The molecule has 0 saturated carbocycles. The van der Waals surface area contributed by atoms with E-state index in [9.17, 15) is 0 Å². The van der Waals surface area contributed by atoms with E-state index in [0.717, 1.165) is 11.1 Å². The number of pyridine rings is 1. The molecule has 1 heterocycles. The number of anilines is 1. The first-order valence-electron chi connectivity index (χ1n) is 5.94. The lowest BCUT2D eigenvalue weighted by Crippen LogP contribution is -2.12. The van der Waals surface area contributed by atoms with Gasteiger partial charge in [0.25, 0.3) is 0 Å². The molecule has 104 valence electrons. The number of benzene rings is 1. The number of halogens is 2. The maximum absolute atomic E-state index is 6.19. The summed E-state index contributed by atoms with van der Waals surface area (Å²) in [5.41, 5.74) is 7.32. The minimum absolute atomic E-state index is 0.0196. The summed E-state index contributed by atoms with van der Waals surface area (Å²) in [4.78, 5) is 4.58. The molecule has 20 heavy (non-hydrogen) atoms. The molecule has 0 amide bonds. The maximum atomic E-state index is 6.19. The van der Waals surface area contributed by atoms with Crippen LogP contribution in [-0.2, 0) is 0 Å². The highest BCUT2D eigenvalue weighted by Crippen LogP contribution is 2.28. The van der Waals surface area contributed by atoms with Crippen LogP contribution in [0.2, 0.25) is 10.0 Å². The predicted molar refractivity (Wildman–Crippen MR) is 88.6 cm³/mol. The first-order valence-corrected chi connectivity index (χ1v) is 7.11. The molecule has 1 aromatic carbocycles. The van der Waals surface area contributed by atoms with Crippen molar-refractivity contribution < 1.29 is 0 Å². The van der Waals surface area contributed by atoms with Crippen molar-refractivity contribution in [3.05, 3.63) is 57.7 Å². The van der Waals surface area contributed by atoms with Gasteiger partial charge in [-0.25, -0.2) is 4.98 Å². The van der Waals surface area contributed by atoms with E-state index in [4.69, 9.17) is 41.2 Å². The van der Waals surface area contributed by atoms with Crippen LogP contribution in [0.1, 0.15) is 24.1 Å². The second-order valence-corrected chi connectivity index (χ2v) is 5.61. The van der Waals surface area contributed by atoms with Crippen LogP contribution in [-0.4, -0.2) is 9.97 Å². The van der Waals surface area contributed by atoms with Crippen LogP contribution in [0.5, 0.6) is 0 Å². The van der Waals surface area contributed by atoms with Gasteiger partial charge in [0.05, 0.1) is 6.04 Å². The van der Waals surface area contributed by atoms with Crippen molar-refractivity contribution in [2.24, 2.45) is 5.73 Å². The molecule has 2 aromatic rings. The molecule has 3 N–H and O–H groups in total. The summed E-state index contributed by atoms with van der Waals surface area (Å²) >= 11 is 17.0. The Morgan fingerprint density at radius 1 is 1.30 bits per heavy atom. The standard InChI is InChI=1S/C14H13Cl2N3S/c1-8(11-3-2-10(15)7-12(11)16)19-13-6-9(14(17)20)4-5-18-13/h2-8H,1H3,(H2,17,20)(H,18,19). The third kappa shape index (κ3) is 3.60. The number of nitrogens with zero attached hydrogens (tertiary/aromatic N) is 1. The summed E-state index contributed by atoms with van der Waals surface area (Å²) in [7, 11) is 0. The van der Waals surface area contributed by atoms with E-state index in [0.29, 0.717) is 20.9 Å². The molecule has 3 nitrogen and oxygen atoms in total. The van der Waals surface area contributed by atoms with Crippen LogP contribution in [0.25, 0.3) is 0 Å². The van der Waals surface area contributed by atoms with Gasteiger partial charge in [-0.1, -0.05) is 41.5 Å². The number of aromatic nitrogens is 1. The van der Waals surface area contributed by atoms with E-state index in [1.165, 1.54) is 0 Å². The van der Waals surface area contributed by atoms with Gasteiger partial charge in [-0.3, -0.25) is 0 Å². The molecule has 0 spiro atoms. The molecule has 1 aromatic heterocycles. The fourth-order valence-electron chi connectivity index (χ4n) is 1.81. The zero-order valence-corrected chi connectivity index (χ0v) is 13.1. The summed E-state index contributed by atoms with van der Waals surface area (Å²) in [6, 6.07) is 8.97. The molecule has 0 aliphatic rings. The lowest BCUT2D eigenvalue weighted by molar-refractivity contribution is 0.875. The highest BCUT2D eigenvalue weighted by molar-refractivity contribution is 7.80. The number of nitrogens with two attached hydrogens (primary N) is 1. The lowest BCUT2D eigenvalue weighted by atomic mass is 10.1. The molecule has 0 aliphatic heterocycles. The molecule has 6 heteroatoms. The van der Waals surface area contributed by atoms with Crippen molar-refractivity contribution >= 4 is 46.2 Å². The van der Waals surface area contributed by atoms with Crippen molar-refractivity contribution in [1.82, 2.24) is 4.98 Å². The summed E-state index contributed by atoms with van der Waals surface area (Å²) in [6.07, 6.45) is 1.66. The third-order valence-corrected chi connectivity index (χ3v) is 3.64. The van der Waals surface area contributed by atoms with Gasteiger partial charge < -0.3 is 11.1 Å². The zero-order chi connectivity index (χ0) is 14.7. The van der Waals surface area contributed by atoms with Crippen molar-refractivity contribution in [3.63, 3.8) is 0 Å². The van der Waals surface area contributed by atoms with E-state index >= 15 is 0 Å². The maximum Gasteiger partial charge on any atom is 0.127 e. The van der Waals surface area contributed by atoms with Crippen molar-refractivity contribution in [2.75, 3.05) is 5.32 Å². The van der Waals surface area contributed by atoms with E-state index in [-0.39, 0.29) is 6.04 Å². The van der Waals surface area contributed by atoms with Gasteiger partial charge in [0.15, 0.2) is 0 Å². The van der Waals surface area contributed by atoms with Crippen LogP contribution < -0.4 is 11.1 Å². The molecular formula is C14H13Cl2N3S. The summed E-state index contributed by atoms with van der Waals surface area (Å²) in [5, 5.41) is 4.48. The second kappa shape index (κ2) is 6.39. The Bertz CT molecular complexity index is 646. The van der Waals surface area contributed by atoms with Gasteiger partial charge in [-0.15, -0.1) is 0 Å². The molecule has 2 rings (SSSR count). The number of rotatable bonds is 4. The number of nitrogens with one attached hydrogen (secondary N) is 1. The van der Waals surface area contributed by atoms with Gasteiger partial charge in [0.1, 0.15) is 10.8 Å². The average Bonchev–Trinajstić information content (AvgIpc) is 2.38. The second-order valence-electron chi connectivity index (χ2n) is 4.33. The predicted octanol–water partition coefficient (Wildman–Crippen LogP) is 4.20. The molecule has 1 atom stereocenters. The smallest absolute Gasteiger partial charge is 0.127 e. The highest BCUT2D eigenvalue weighted by Gasteiger charge is 2.11. The minimum atomic E-state index is -0.0196. The molecule has 0 bridgehead atoms. The number of hydrogen-bond acceptors (Lipinski definition) is 3. The molecule has 0 saturated heterocycles. The molecule has 0 fully saturated rings. The van der Waals surface area contributed by atoms with Crippen molar-refractivity contribution in [3.8, 4) is 0 Å². The van der Waals surface area contributed by atoms with Crippen molar-refractivity contribution in [1.29, 1.82) is 0 Å². The highest BCUT2D eigenvalue weighted by atomic mass is 35.5. The van der Waals surface area contributed by atoms with Crippen LogP contribution in [0.3, 0.4) is 0 Å². The van der Waals surface area contributed by atoms with Crippen molar-refractivity contribution in [2.45, 2.75) is 13.0 Å². The third-order valence-electron chi connectivity index (χ3n) is 2.84. The quantitative estimate of drug-likeness (QED) is 0.827. The van der Waals surface area contributed by atoms with Crippen LogP contribution in [0.15, 0.2) is 36.5 Å². The molecule has 1 unspecified atom stereocenters. The Morgan fingerprint density at radius 3 is 2.70 bits per heavy atom. The largest absolute Gasteiger partial charge is 0.389 e. The SMILES string of the molecule is CC(Nc1cc(C(N)=S)ccn1)c1ccc(Cl)cc1Cl. The Balaban J connectivity index is 2.21. The Labute approximate surface area is 133 Å². The normalized spacial score (nSPS) is 11.9. The Kier molecular flexibility index (Phi) is 4.81. The Hall–Kier alpha value is -1.36. The lowest BCUT2D eigenvalue weighted by Gasteiger charge is -2.17. The fourth-order valence-corrected chi connectivity index (χ4v) is 2.51. The molecule has 0 aliphatic carbocycles. The van der Waals surface area contributed by atoms with Crippen LogP contribution in [0, 0.1) is 0 Å². The topological polar surface area (TPSA) is 50.9 Å². The Morgan fingerprint density at radius 2 is 2.05 bits per heavy atom. The van der Waals surface area contributed by atoms with Gasteiger partial charge in [-0.05, 0) is 36.8 Å². The first kappa shape index (κ1) is 15.0. The fraction of sp³-hybridized carbons (Fsp3) is 0.143. The van der Waals surface area contributed by atoms with E-state index in [1.54, 1.807) is 24.4 Å². The van der Waals surface area contributed by atoms with Crippen LogP contribution >= 0.6 is 35.4 Å². The van der Waals surface area contributed by atoms with Gasteiger partial charge in [-0.2, -0.15) is 0 Å². The van der Waals surface area contributed by atoms with E-state index < -0.39 is 0 Å². The van der Waals surface area contributed by atoms with Gasteiger partial charge >= 0.3 is 0 Å². The average molecular weight is 326 g/mol. The van der Waals surface area contributed by atoms with E-state index in [1.807, 2.05) is 19.1 Å². The van der Waals surface area contributed by atoms with Gasteiger partial charge in [0.2, 0.25) is 0 Å². The summed E-state index contributed by atoms with van der Waals surface area (Å²) in [6.45, 7) is 1.99. The minimum Gasteiger partial charge on any atom is -0.389 e. The zero-order valence-electron chi connectivity index (χ0n) is 10.7. The van der Waals surface area contributed by atoms with Crippen LogP contribution in [0.4, 0.5) is 5.82 Å². The first-order chi connectivity index (χ1) is 9.47. The van der Waals surface area contributed by atoms with Gasteiger partial charge in [0, 0.05) is 21.8 Å². The summed E-state index contributed by atoms with van der Waals surface area (Å²) in [5.74, 6) is 0.689. The molecular weight excluding hydrogens is 313 g/mol.